The van der Waals surface area contributed by atoms with Crippen LogP contribution in [0.2, 0.25) is 0 Å². The van der Waals surface area contributed by atoms with Gasteiger partial charge in [-0.05, 0) is 43.0 Å². The van der Waals surface area contributed by atoms with Crippen molar-refractivity contribution in [3.8, 4) is 0 Å². The van der Waals surface area contributed by atoms with Gasteiger partial charge in [0, 0.05) is 10.9 Å². The van der Waals surface area contributed by atoms with Crippen LogP contribution in [0.3, 0.4) is 0 Å². The number of amides is 1. The maximum absolute atomic E-state index is 12.6. The minimum atomic E-state index is -1.01. The van der Waals surface area contributed by atoms with Crippen molar-refractivity contribution in [3.05, 3.63) is 53.5 Å². The van der Waals surface area contributed by atoms with Gasteiger partial charge in [-0.3, -0.25) is 4.79 Å². The van der Waals surface area contributed by atoms with E-state index < -0.39 is 5.97 Å². The molecule has 7 heteroatoms. The number of carboxylic acid groups (broad SMARTS) is 1. The Bertz CT molecular complexity index is 745. The van der Waals surface area contributed by atoms with Gasteiger partial charge in [-0.2, -0.15) is 11.8 Å². The van der Waals surface area contributed by atoms with Gasteiger partial charge < -0.3 is 14.8 Å². The third-order valence-corrected chi connectivity index (χ3v) is 5.75. The molecule has 0 spiro atoms. The summed E-state index contributed by atoms with van der Waals surface area (Å²) in [6, 6.07) is 8.87. The Morgan fingerprint density at radius 2 is 2.00 bits per heavy atom. The molecule has 5 nitrogen and oxygen atoms in total. The van der Waals surface area contributed by atoms with Crippen LogP contribution in [0.25, 0.3) is 0 Å². The molecule has 0 radical (unpaired) electrons. The minimum Gasteiger partial charge on any atom is -0.478 e. The normalized spacial score (nSPS) is 11.9. The largest absolute Gasteiger partial charge is 0.478 e. The van der Waals surface area contributed by atoms with Crippen LogP contribution in [0.15, 0.2) is 45.9 Å². The van der Waals surface area contributed by atoms with Crippen LogP contribution in [0.4, 0.5) is 0 Å². The van der Waals surface area contributed by atoms with Gasteiger partial charge in [0.1, 0.15) is 11.3 Å². The van der Waals surface area contributed by atoms with Gasteiger partial charge in [0.25, 0.3) is 5.91 Å². The molecule has 26 heavy (non-hydrogen) atoms. The van der Waals surface area contributed by atoms with Crippen molar-refractivity contribution in [1.82, 2.24) is 5.32 Å². The lowest BCUT2D eigenvalue weighted by atomic mass is 10.2. The predicted octanol–water partition coefficient (Wildman–Crippen LogP) is 4.53. The van der Waals surface area contributed by atoms with Gasteiger partial charge in [-0.15, -0.1) is 11.8 Å². The molecular formula is C19H23NO4S2. The van der Waals surface area contributed by atoms with Gasteiger partial charge in [0.05, 0.1) is 17.6 Å². The highest BCUT2D eigenvalue weighted by molar-refractivity contribution is 7.99. The number of hydrogen-bond donors (Lipinski definition) is 2. The van der Waals surface area contributed by atoms with E-state index in [9.17, 15) is 9.59 Å². The van der Waals surface area contributed by atoms with Crippen molar-refractivity contribution in [1.29, 1.82) is 0 Å². The van der Waals surface area contributed by atoms with E-state index in [-0.39, 0.29) is 17.5 Å². The number of hydrogen-bond acceptors (Lipinski definition) is 5. The van der Waals surface area contributed by atoms with Gasteiger partial charge in [-0.1, -0.05) is 19.1 Å². The average molecular weight is 394 g/mol. The topological polar surface area (TPSA) is 79.5 Å². The number of aromatic carboxylic acids is 1. The Hall–Kier alpha value is -1.86. The van der Waals surface area contributed by atoms with Gasteiger partial charge in [0.2, 0.25) is 0 Å². The third-order valence-electron chi connectivity index (χ3n) is 3.74. The fraction of sp³-hybridized carbons (Fsp3) is 0.368. The van der Waals surface area contributed by atoms with Crippen LogP contribution in [-0.2, 0) is 5.75 Å². The first-order chi connectivity index (χ1) is 12.5. The van der Waals surface area contributed by atoms with Crippen LogP contribution in [0, 0.1) is 0 Å². The number of nitrogens with one attached hydrogen (secondary N) is 1. The molecule has 1 atom stereocenters. The molecule has 1 amide bonds. The van der Waals surface area contributed by atoms with E-state index in [0.29, 0.717) is 17.1 Å². The number of carboxylic acids is 1. The Balaban J connectivity index is 2.01. The fourth-order valence-electron chi connectivity index (χ4n) is 2.34. The average Bonchev–Trinajstić information content (AvgIpc) is 3.09. The van der Waals surface area contributed by atoms with Crippen molar-refractivity contribution in [3.63, 3.8) is 0 Å². The lowest BCUT2D eigenvalue weighted by molar-refractivity contribution is 0.0694. The number of furan rings is 1. The van der Waals surface area contributed by atoms with Crippen LogP contribution in [0.5, 0.6) is 0 Å². The van der Waals surface area contributed by atoms with E-state index in [1.165, 1.54) is 24.1 Å². The van der Waals surface area contributed by atoms with Crippen molar-refractivity contribution in [2.75, 3.05) is 11.5 Å². The number of thioether (sulfide) groups is 2. The second-order valence-corrected chi connectivity index (χ2v) is 8.12. The standard InChI is InChI=1S/C19H23NO4S2/c1-3-25-11-9-13(2)20-18(21)15-6-4-5-7-17(15)26-12-16-14(19(22)23)8-10-24-16/h4-8,10,13H,3,9,11-12H2,1-2H3,(H,20,21)(H,22,23). The van der Waals surface area contributed by atoms with Crippen LogP contribution >= 0.6 is 23.5 Å². The Morgan fingerprint density at radius 3 is 2.73 bits per heavy atom. The molecule has 0 aliphatic heterocycles. The number of carbonyl (C=O) groups excluding carboxylic acids is 1. The fourth-order valence-corrected chi connectivity index (χ4v) is 4.15. The molecule has 0 saturated carbocycles. The number of carbonyl (C=O) groups is 2. The van der Waals surface area contributed by atoms with Crippen molar-refractivity contribution in [2.45, 2.75) is 37.0 Å². The van der Waals surface area contributed by atoms with Crippen LogP contribution in [0.1, 0.15) is 46.7 Å². The highest BCUT2D eigenvalue weighted by atomic mass is 32.2. The highest BCUT2D eigenvalue weighted by Crippen LogP contribution is 2.28. The minimum absolute atomic E-state index is 0.100. The Labute approximate surface area is 161 Å². The lowest BCUT2D eigenvalue weighted by Gasteiger charge is -2.15. The van der Waals surface area contributed by atoms with Gasteiger partial charge in [-0.25, -0.2) is 4.79 Å². The van der Waals surface area contributed by atoms with Crippen molar-refractivity contribution >= 4 is 35.4 Å². The molecule has 1 aromatic heterocycles. The zero-order chi connectivity index (χ0) is 18.9. The molecule has 0 bridgehead atoms. The summed E-state index contributed by atoms with van der Waals surface area (Å²) < 4.78 is 5.26. The zero-order valence-electron chi connectivity index (χ0n) is 14.9. The van der Waals surface area contributed by atoms with Crippen molar-refractivity contribution in [2.24, 2.45) is 0 Å². The predicted molar refractivity (Wildman–Crippen MR) is 106 cm³/mol. The smallest absolute Gasteiger partial charge is 0.339 e. The maximum atomic E-state index is 12.6. The van der Waals surface area contributed by atoms with E-state index in [2.05, 4.69) is 12.2 Å². The first kappa shape index (κ1) is 20.5. The van der Waals surface area contributed by atoms with E-state index in [0.717, 1.165) is 22.8 Å². The number of benzene rings is 1. The summed E-state index contributed by atoms with van der Waals surface area (Å²) in [5.41, 5.74) is 0.748. The summed E-state index contributed by atoms with van der Waals surface area (Å²) in [7, 11) is 0. The molecule has 0 fully saturated rings. The maximum Gasteiger partial charge on any atom is 0.339 e. The second kappa shape index (κ2) is 10.3. The van der Waals surface area contributed by atoms with E-state index in [1.807, 2.05) is 36.9 Å². The Kier molecular flexibility index (Phi) is 8.12. The molecule has 0 saturated heterocycles. The van der Waals surface area contributed by atoms with Crippen LogP contribution in [-0.4, -0.2) is 34.5 Å². The molecule has 1 heterocycles. The summed E-state index contributed by atoms with van der Waals surface area (Å²) in [4.78, 5) is 24.6. The molecule has 140 valence electrons. The lowest BCUT2D eigenvalue weighted by Crippen LogP contribution is -2.33. The zero-order valence-corrected chi connectivity index (χ0v) is 16.5. The quantitative estimate of drug-likeness (QED) is 0.456. The summed E-state index contributed by atoms with van der Waals surface area (Å²) in [5, 5.41) is 12.2. The molecule has 0 aliphatic carbocycles. The van der Waals surface area contributed by atoms with E-state index >= 15 is 0 Å². The first-order valence-electron chi connectivity index (χ1n) is 8.43. The molecule has 2 aromatic rings. The first-order valence-corrected chi connectivity index (χ1v) is 10.6. The SMILES string of the molecule is CCSCCC(C)NC(=O)c1ccccc1SCc1occc1C(=O)O. The molecule has 2 N–H and O–H groups in total. The molecule has 1 aromatic carbocycles. The van der Waals surface area contributed by atoms with E-state index in [1.54, 1.807) is 6.07 Å². The summed E-state index contributed by atoms with van der Waals surface area (Å²) >= 11 is 3.25. The monoisotopic (exact) mass is 393 g/mol. The molecular weight excluding hydrogens is 370 g/mol. The Morgan fingerprint density at radius 1 is 1.23 bits per heavy atom. The van der Waals surface area contributed by atoms with Crippen LogP contribution < -0.4 is 5.32 Å². The summed E-state index contributed by atoms with van der Waals surface area (Å²) in [5.74, 6) is 1.71. The van der Waals surface area contributed by atoms with Gasteiger partial charge >= 0.3 is 5.97 Å². The second-order valence-electron chi connectivity index (χ2n) is 5.71. The summed E-state index contributed by atoms with van der Waals surface area (Å²) in [6.07, 6.45) is 2.29. The number of rotatable bonds is 10. The molecule has 1 unspecified atom stereocenters. The third kappa shape index (κ3) is 5.85. The van der Waals surface area contributed by atoms with Crippen molar-refractivity contribution < 1.29 is 19.1 Å². The van der Waals surface area contributed by atoms with E-state index in [4.69, 9.17) is 9.52 Å². The summed E-state index contributed by atoms with van der Waals surface area (Å²) in [6.45, 7) is 4.13. The van der Waals surface area contributed by atoms with Gasteiger partial charge in [0.15, 0.2) is 0 Å². The molecule has 0 aliphatic rings. The molecule has 2 rings (SSSR count). The highest BCUT2D eigenvalue weighted by Gasteiger charge is 2.17.